The first-order valence-corrected chi connectivity index (χ1v) is 35.3. The molecule has 0 saturated heterocycles. The Morgan fingerprint density at radius 3 is 1.08 bits per heavy atom. The third kappa shape index (κ3) is 20.1. The van der Waals surface area contributed by atoms with E-state index in [9.17, 15) is 36.0 Å². The number of halogens is 5. The zero-order valence-corrected chi connectivity index (χ0v) is 58.4. The number of hydrogen-bond donors (Lipinski definition) is 5. The quantitative estimate of drug-likeness (QED) is 0.0638. The van der Waals surface area contributed by atoms with Gasteiger partial charge in [-0.15, -0.1) is 0 Å². The molecule has 6 N–H and O–H groups in total. The molecule has 12 aromatic rings. The Balaban J connectivity index is 0.000000156. The maximum absolute atomic E-state index is 12.6. The fraction of sp³-hybridized carbons (Fsp3) is 0.0405. The van der Waals surface area contributed by atoms with Crippen molar-refractivity contribution < 1.29 is 40.8 Å². The maximum atomic E-state index is 12.6. The van der Waals surface area contributed by atoms with Gasteiger partial charge in [-0.2, -0.15) is 0 Å². The number of rotatable bonds is 15. The van der Waals surface area contributed by atoms with Crippen molar-refractivity contribution in [2.24, 2.45) is 0 Å². The van der Waals surface area contributed by atoms with E-state index in [-0.39, 0.29) is 43.6 Å². The largest absolute Gasteiger partial charge is 0.497 e. The average molecular weight is 1470 g/mol. The number of ether oxygens (including phenoxy) is 1. The molecule has 0 spiro atoms. The molecule has 12 rings (SSSR count). The number of nitrogen functional groups attached to an aromatic ring is 1. The van der Waals surface area contributed by atoms with E-state index in [1.54, 1.807) is 159 Å². The van der Waals surface area contributed by atoms with Crippen LogP contribution in [0.15, 0.2) is 265 Å². The van der Waals surface area contributed by atoms with Gasteiger partial charge in [0, 0.05) is 99.6 Å². The normalized spacial score (nSPS) is 10.8. The number of pyridine rings is 5. The molecule has 0 aliphatic carbocycles. The van der Waals surface area contributed by atoms with Crippen LogP contribution in [0.4, 0.5) is 28.6 Å². The molecule has 0 unspecified atom stereocenters. The molecule has 0 bridgehead atoms. The highest BCUT2D eigenvalue weighted by Crippen LogP contribution is 2.34. The molecule has 19 nitrogen and oxygen atoms in total. The lowest BCUT2D eigenvalue weighted by molar-refractivity contribution is 0.101. The van der Waals surface area contributed by atoms with Crippen LogP contribution in [-0.4, -0.2) is 85.0 Å². The summed E-state index contributed by atoms with van der Waals surface area (Å²) >= 11 is 31.0. The molecule has 0 fully saturated rings. The molecule has 0 radical (unpaired) electrons. The number of anilines is 5. The smallest absolute Gasteiger partial charge is 0.259 e. The fourth-order valence-corrected chi connectivity index (χ4v) is 11.6. The van der Waals surface area contributed by atoms with Gasteiger partial charge in [0.05, 0.1) is 75.9 Å². The van der Waals surface area contributed by atoms with E-state index in [2.05, 4.69) is 46.2 Å². The van der Waals surface area contributed by atoms with Crippen molar-refractivity contribution >= 4 is 130 Å². The van der Waals surface area contributed by atoms with Crippen molar-refractivity contribution in [3.05, 3.63) is 303 Å². The molecular weight excluding hydrogens is 1410 g/mol. The predicted octanol–water partition coefficient (Wildman–Crippen LogP) is 17.1. The molecular formula is C74H57Cl5N10O9S2. The molecule has 4 amide bonds. The Hall–Kier alpha value is -10.9. The van der Waals surface area contributed by atoms with E-state index in [1.165, 1.54) is 42.6 Å². The van der Waals surface area contributed by atoms with Crippen LogP contribution in [0.2, 0.25) is 25.1 Å². The number of hydrogen-bond acceptors (Lipinski definition) is 15. The molecule has 5 aromatic heterocycles. The van der Waals surface area contributed by atoms with Gasteiger partial charge in [-0.25, -0.2) is 21.8 Å². The summed E-state index contributed by atoms with van der Waals surface area (Å²) < 4.78 is 51.8. The lowest BCUT2D eigenvalue weighted by Gasteiger charge is -2.11. The molecule has 26 heteroatoms. The SMILES string of the molecule is COc1ccc(C(=O)Nc2ccc(Cl)c(-c3ccccn3)c2)cc1.CS(=O)(=O)c1ccc(Cl)c(C(=O)Nc2ccc(Cl)c(-c3ccccn3)c2)c1.CS(=O)(=O)c1cccc(C(=O)Nc2ccc(Cl)c(-c3ccccn3)c2)c1.Nc1ncccc1C(=O)Nc1ccc(Cl)c(-c2ccccn2)c1. The van der Waals surface area contributed by atoms with E-state index in [0.29, 0.717) is 82.2 Å². The Labute approximate surface area is 601 Å². The van der Waals surface area contributed by atoms with Crippen molar-refractivity contribution in [1.29, 1.82) is 0 Å². The van der Waals surface area contributed by atoms with Crippen molar-refractivity contribution in [3.8, 4) is 50.8 Å². The Bertz CT molecular complexity index is 5180. The van der Waals surface area contributed by atoms with Gasteiger partial charge in [-0.3, -0.25) is 39.1 Å². The number of nitrogens with one attached hydrogen (secondary N) is 4. The predicted molar refractivity (Wildman–Crippen MR) is 396 cm³/mol. The van der Waals surface area contributed by atoms with Gasteiger partial charge in [0.25, 0.3) is 23.6 Å². The molecule has 0 aliphatic rings. The van der Waals surface area contributed by atoms with Crippen LogP contribution in [0.1, 0.15) is 41.4 Å². The molecule has 5 heterocycles. The topological polar surface area (TPSA) is 284 Å². The summed E-state index contributed by atoms with van der Waals surface area (Å²) in [6.07, 6.45) is 10.4. The highest BCUT2D eigenvalue weighted by molar-refractivity contribution is 7.91. The summed E-state index contributed by atoms with van der Waals surface area (Å²) in [7, 11) is -5.26. The van der Waals surface area contributed by atoms with Crippen LogP contribution in [0.25, 0.3) is 45.0 Å². The summed E-state index contributed by atoms with van der Waals surface area (Å²) in [5.41, 5.74) is 14.9. The number of methoxy groups -OCH3 is 1. The van der Waals surface area contributed by atoms with Gasteiger partial charge >= 0.3 is 0 Å². The van der Waals surface area contributed by atoms with Crippen molar-refractivity contribution in [2.45, 2.75) is 9.79 Å². The van der Waals surface area contributed by atoms with Crippen molar-refractivity contribution in [1.82, 2.24) is 24.9 Å². The molecule has 0 aliphatic heterocycles. The zero-order chi connectivity index (χ0) is 71.5. The molecule has 7 aromatic carbocycles. The fourth-order valence-electron chi connectivity index (χ4n) is 9.22. The highest BCUT2D eigenvalue weighted by atomic mass is 35.5. The summed E-state index contributed by atoms with van der Waals surface area (Å²) in [6.45, 7) is 0. The number of nitrogens with zero attached hydrogens (tertiary/aromatic N) is 5. The molecule has 100 heavy (non-hydrogen) atoms. The number of aromatic nitrogens is 5. The van der Waals surface area contributed by atoms with Crippen LogP contribution >= 0.6 is 58.0 Å². The number of amides is 4. The second kappa shape index (κ2) is 34.1. The van der Waals surface area contributed by atoms with Crippen molar-refractivity contribution in [3.63, 3.8) is 0 Å². The Morgan fingerprint density at radius 1 is 0.350 bits per heavy atom. The van der Waals surface area contributed by atoms with Gasteiger partial charge < -0.3 is 31.7 Å². The Kier molecular flexibility index (Phi) is 25.0. The van der Waals surface area contributed by atoms with Crippen LogP contribution in [-0.2, 0) is 19.7 Å². The minimum Gasteiger partial charge on any atom is -0.497 e. The number of nitrogens with two attached hydrogens (primary N) is 1. The number of carbonyl (C=O) groups excluding carboxylic acids is 4. The summed E-state index contributed by atoms with van der Waals surface area (Å²) in [4.78, 5) is 70.8. The van der Waals surface area contributed by atoms with E-state index >= 15 is 0 Å². The van der Waals surface area contributed by atoms with Gasteiger partial charge in [0.2, 0.25) is 0 Å². The first-order valence-electron chi connectivity index (χ1n) is 29.7. The van der Waals surface area contributed by atoms with E-state index in [0.717, 1.165) is 35.0 Å². The number of carbonyl (C=O) groups is 4. The second-order valence-corrected chi connectivity index (χ2v) is 27.4. The summed E-state index contributed by atoms with van der Waals surface area (Å²) in [6, 6.07) is 62.7. The molecule has 0 atom stereocenters. The van der Waals surface area contributed by atoms with E-state index < -0.39 is 31.5 Å². The highest BCUT2D eigenvalue weighted by Gasteiger charge is 2.19. The van der Waals surface area contributed by atoms with Crippen LogP contribution in [0.3, 0.4) is 0 Å². The minimum absolute atomic E-state index is 0.0160. The maximum Gasteiger partial charge on any atom is 0.259 e. The van der Waals surface area contributed by atoms with Crippen molar-refractivity contribution in [2.75, 3.05) is 46.6 Å². The lowest BCUT2D eigenvalue weighted by Crippen LogP contribution is -2.14. The molecule has 0 saturated carbocycles. The first kappa shape index (κ1) is 73.4. The average Bonchev–Trinajstić information content (AvgIpc) is 0.834. The van der Waals surface area contributed by atoms with E-state index in [1.807, 2.05) is 60.7 Å². The number of sulfone groups is 2. The minimum atomic E-state index is -3.46. The van der Waals surface area contributed by atoms with Crippen LogP contribution in [0, 0.1) is 0 Å². The summed E-state index contributed by atoms with van der Waals surface area (Å²) in [5.74, 6) is -0.583. The van der Waals surface area contributed by atoms with Gasteiger partial charge in [0.15, 0.2) is 19.7 Å². The Morgan fingerprint density at radius 2 is 0.710 bits per heavy atom. The summed E-state index contributed by atoms with van der Waals surface area (Å²) in [5, 5.41) is 13.4. The standard InChI is InChI=1S/C19H14Cl2N2O3S.C19H15ClN2O3S.C19H15ClN2O2.C17H13ClN4O/c1-27(25,26)13-6-8-17(21)15(11-13)19(24)23-12-5-7-16(20)14(10-12)18-4-2-3-9-22-18;1-26(24,25)15-6-4-5-13(11-15)19(23)22-14-8-9-17(20)16(12-14)18-7-2-3-10-21-18;1-24-15-8-5-13(6-9-15)19(23)22-14-7-10-17(20)16(12-14)18-4-2-3-11-21-18;18-14-7-6-11(10-13(14)15-5-1-2-8-20-15)22-17(23)12-4-3-9-21-16(12)19/h2-11H,1H3,(H,23,24);2-12H,1H3,(H,22,23);2-12H,1H3,(H,22,23);1-10H,(H2,19,21)(H,22,23). The zero-order valence-electron chi connectivity index (χ0n) is 52.9. The van der Waals surface area contributed by atoms with Gasteiger partial charge in [-0.1, -0.05) is 88.3 Å². The number of benzene rings is 7. The monoisotopic (exact) mass is 1470 g/mol. The van der Waals surface area contributed by atoms with Crippen LogP contribution in [0.5, 0.6) is 5.75 Å². The molecule has 504 valence electrons. The van der Waals surface area contributed by atoms with Gasteiger partial charge in [0.1, 0.15) is 11.6 Å². The lowest BCUT2D eigenvalue weighted by atomic mass is 10.1. The van der Waals surface area contributed by atoms with E-state index in [4.69, 9.17) is 68.5 Å². The first-order chi connectivity index (χ1) is 47.9. The van der Waals surface area contributed by atoms with Gasteiger partial charge in [-0.05, 0) is 194 Å². The third-order valence-corrected chi connectivity index (χ3v) is 18.1. The second-order valence-electron chi connectivity index (χ2n) is 21.3. The van der Waals surface area contributed by atoms with Crippen LogP contribution < -0.4 is 31.7 Å². The third-order valence-electron chi connectivity index (χ3n) is 14.2.